The van der Waals surface area contributed by atoms with E-state index in [4.69, 9.17) is 11.6 Å². The van der Waals surface area contributed by atoms with E-state index in [2.05, 4.69) is 5.32 Å². The van der Waals surface area contributed by atoms with Gasteiger partial charge in [-0.25, -0.2) is 4.39 Å². The monoisotopic (exact) mass is 374 g/mol. The van der Waals surface area contributed by atoms with Crippen molar-refractivity contribution in [3.05, 3.63) is 70.5 Å². The van der Waals surface area contributed by atoms with Gasteiger partial charge in [0.15, 0.2) is 0 Å². The molecule has 0 aromatic heterocycles. The SMILES string of the molecule is O=C(NCc1cccc(Cl)c1)C1CCCN(C(=O)c2ccccc2F)C1. The Labute approximate surface area is 157 Å². The van der Waals surface area contributed by atoms with Gasteiger partial charge in [0.25, 0.3) is 5.91 Å². The van der Waals surface area contributed by atoms with Crippen molar-refractivity contribution in [3.8, 4) is 0 Å². The second kappa shape index (κ2) is 8.32. The van der Waals surface area contributed by atoms with Crippen LogP contribution in [0.25, 0.3) is 0 Å². The van der Waals surface area contributed by atoms with Crippen LogP contribution in [0.1, 0.15) is 28.8 Å². The molecule has 0 spiro atoms. The summed E-state index contributed by atoms with van der Waals surface area (Å²) in [5.74, 6) is -1.30. The third-order valence-corrected chi connectivity index (χ3v) is 4.77. The van der Waals surface area contributed by atoms with Crippen molar-refractivity contribution in [1.82, 2.24) is 10.2 Å². The van der Waals surface area contributed by atoms with Crippen LogP contribution in [0.3, 0.4) is 0 Å². The zero-order valence-corrected chi connectivity index (χ0v) is 15.0. The fourth-order valence-electron chi connectivity index (χ4n) is 3.16. The second-order valence-electron chi connectivity index (χ2n) is 6.42. The number of benzene rings is 2. The molecule has 1 fully saturated rings. The molecule has 1 heterocycles. The number of halogens is 2. The lowest BCUT2D eigenvalue weighted by molar-refractivity contribution is -0.126. The van der Waals surface area contributed by atoms with E-state index < -0.39 is 5.82 Å². The maximum atomic E-state index is 13.9. The fraction of sp³-hybridized carbons (Fsp3) is 0.300. The van der Waals surface area contributed by atoms with Crippen LogP contribution in [-0.2, 0) is 11.3 Å². The third-order valence-electron chi connectivity index (χ3n) is 4.54. The van der Waals surface area contributed by atoms with Gasteiger partial charge >= 0.3 is 0 Å². The second-order valence-corrected chi connectivity index (χ2v) is 6.85. The normalized spacial score (nSPS) is 17.0. The van der Waals surface area contributed by atoms with Crippen molar-refractivity contribution in [2.75, 3.05) is 13.1 Å². The standard InChI is InChI=1S/C20H20ClFN2O2/c21-16-7-3-5-14(11-16)12-23-19(25)15-6-4-10-24(13-15)20(26)17-8-1-2-9-18(17)22/h1-3,5,7-9,11,15H,4,6,10,12-13H2,(H,23,25). The number of hydrogen-bond acceptors (Lipinski definition) is 2. The van der Waals surface area contributed by atoms with Crippen LogP contribution < -0.4 is 5.32 Å². The molecule has 0 radical (unpaired) electrons. The minimum absolute atomic E-state index is 0.0486. The molecule has 26 heavy (non-hydrogen) atoms. The number of piperidine rings is 1. The number of likely N-dealkylation sites (tertiary alicyclic amines) is 1. The van der Waals surface area contributed by atoms with Gasteiger partial charge in [0, 0.05) is 24.7 Å². The molecule has 0 bridgehead atoms. The van der Waals surface area contributed by atoms with Gasteiger partial charge in [-0.3, -0.25) is 9.59 Å². The molecule has 1 saturated heterocycles. The van der Waals surface area contributed by atoms with Crippen molar-refractivity contribution in [2.45, 2.75) is 19.4 Å². The zero-order valence-electron chi connectivity index (χ0n) is 14.3. The molecule has 1 aliphatic heterocycles. The molecule has 4 nitrogen and oxygen atoms in total. The topological polar surface area (TPSA) is 49.4 Å². The minimum Gasteiger partial charge on any atom is -0.352 e. The van der Waals surface area contributed by atoms with Gasteiger partial charge in [-0.15, -0.1) is 0 Å². The van der Waals surface area contributed by atoms with E-state index >= 15 is 0 Å². The number of nitrogens with one attached hydrogen (secondary N) is 1. The molecule has 2 amide bonds. The first kappa shape index (κ1) is 18.4. The number of amides is 2. The summed E-state index contributed by atoms with van der Waals surface area (Å²) in [6.07, 6.45) is 1.43. The van der Waals surface area contributed by atoms with Crippen LogP contribution in [0.5, 0.6) is 0 Å². The van der Waals surface area contributed by atoms with Crippen molar-refractivity contribution < 1.29 is 14.0 Å². The number of rotatable bonds is 4. The van der Waals surface area contributed by atoms with E-state index in [1.54, 1.807) is 29.2 Å². The molecule has 6 heteroatoms. The summed E-state index contributed by atoms with van der Waals surface area (Å²) in [5, 5.41) is 3.52. The summed E-state index contributed by atoms with van der Waals surface area (Å²) >= 11 is 5.95. The van der Waals surface area contributed by atoms with Crippen LogP contribution in [0.15, 0.2) is 48.5 Å². The van der Waals surface area contributed by atoms with Gasteiger partial charge in [0.05, 0.1) is 11.5 Å². The van der Waals surface area contributed by atoms with Crippen LogP contribution >= 0.6 is 11.6 Å². The Hall–Kier alpha value is -2.40. The maximum Gasteiger partial charge on any atom is 0.256 e. The van der Waals surface area contributed by atoms with E-state index in [-0.39, 0.29) is 23.3 Å². The summed E-state index contributed by atoms with van der Waals surface area (Å²) in [6, 6.07) is 13.2. The largest absolute Gasteiger partial charge is 0.352 e. The van der Waals surface area contributed by atoms with Gasteiger partial charge < -0.3 is 10.2 Å². The number of carbonyl (C=O) groups is 2. The molecule has 1 aliphatic rings. The first-order chi connectivity index (χ1) is 12.5. The Morgan fingerprint density at radius 2 is 2.00 bits per heavy atom. The minimum atomic E-state index is -0.537. The Balaban J connectivity index is 1.60. The maximum absolute atomic E-state index is 13.9. The Morgan fingerprint density at radius 1 is 1.19 bits per heavy atom. The molecule has 2 aromatic rings. The molecule has 136 valence electrons. The molecule has 2 aromatic carbocycles. The summed E-state index contributed by atoms with van der Waals surface area (Å²) in [5.41, 5.74) is 0.966. The van der Waals surface area contributed by atoms with Gasteiger partial charge in [0.2, 0.25) is 5.91 Å². The van der Waals surface area contributed by atoms with Crippen molar-refractivity contribution in [1.29, 1.82) is 0 Å². The van der Waals surface area contributed by atoms with Gasteiger partial charge in [-0.05, 0) is 42.7 Å². The molecular weight excluding hydrogens is 355 g/mol. The zero-order chi connectivity index (χ0) is 18.5. The molecule has 3 rings (SSSR count). The van der Waals surface area contributed by atoms with E-state index in [1.807, 2.05) is 12.1 Å². The number of hydrogen-bond donors (Lipinski definition) is 1. The van der Waals surface area contributed by atoms with Crippen LogP contribution in [-0.4, -0.2) is 29.8 Å². The predicted octanol–water partition coefficient (Wildman–Crippen LogP) is 3.65. The molecule has 1 N–H and O–H groups in total. The Bertz CT molecular complexity index is 812. The smallest absolute Gasteiger partial charge is 0.256 e. The first-order valence-electron chi connectivity index (χ1n) is 8.60. The van der Waals surface area contributed by atoms with Gasteiger partial charge in [-0.2, -0.15) is 0 Å². The number of carbonyl (C=O) groups excluding carboxylic acids is 2. The Morgan fingerprint density at radius 3 is 2.77 bits per heavy atom. The summed E-state index contributed by atoms with van der Waals surface area (Å²) in [6.45, 7) is 1.22. The fourth-order valence-corrected chi connectivity index (χ4v) is 3.37. The lowest BCUT2D eigenvalue weighted by Crippen LogP contribution is -2.45. The lowest BCUT2D eigenvalue weighted by atomic mass is 9.96. The summed E-state index contributed by atoms with van der Waals surface area (Å²) in [4.78, 5) is 26.6. The summed E-state index contributed by atoms with van der Waals surface area (Å²) < 4.78 is 13.9. The van der Waals surface area contributed by atoms with Crippen molar-refractivity contribution in [3.63, 3.8) is 0 Å². The van der Waals surface area contributed by atoms with Gasteiger partial charge in [-0.1, -0.05) is 35.9 Å². The first-order valence-corrected chi connectivity index (χ1v) is 8.98. The van der Waals surface area contributed by atoms with E-state index in [0.29, 0.717) is 31.1 Å². The van der Waals surface area contributed by atoms with E-state index in [9.17, 15) is 14.0 Å². The average molecular weight is 375 g/mol. The molecule has 1 atom stereocenters. The summed E-state index contributed by atoms with van der Waals surface area (Å²) in [7, 11) is 0. The molecular formula is C20H20ClFN2O2. The van der Waals surface area contributed by atoms with Crippen molar-refractivity contribution >= 4 is 23.4 Å². The molecule has 0 aliphatic carbocycles. The highest BCUT2D eigenvalue weighted by atomic mass is 35.5. The van der Waals surface area contributed by atoms with Gasteiger partial charge in [0.1, 0.15) is 5.82 Å². The molecule has 1 unspecified atom stereocenters. The lowest BCUT2D eigenvalue weighted by Gasteiger charge is -2.32. The molecule has 0 saturated carbocycles. The van der Waals surface area contributed by atoms with Crippen LogP contribution in [0.2, 0.25) is 5.02 Å². The van der Waals surface area contributed by atoms with Crippen molar-refractivity contribution in [2.24, 2.45) is 5.92 Å². The highest BCUT2D eigenvalue weighted by Crippen LogP contribution is 2.20. The number of nitrogens with zero attached hydrogens (tertiary/aromatic N) is 1. The Kier molecular flexibility index (Phi) is 5.89. The quantitative estimate of drug-likeness (QED) is 0.888. The average Bonchev–Trinajstić information content (AvgIpc) is 2.66. The van der Waals surface area contributed by atoms with E-state index in [0.717, 1.165) is 12.0 Å². The van der Waals surface area contributed by atoms with E-state index in [1.165, 1.54) is 12.1 Å². The highest BCUT2D eigenvalue weighted by Gasteiger charge is 2.29. The van der Waals surface area contributed by atoms with Crippen LogP contribution in [0.4, 0.5) is 4.39 Å². The van der Waals surface area contributed by atoms with Crippen LogP contribution in [0, 0.1) is 11.7 Å². The highest BCUT2D eigenvalue weighted by molar-refractivity contribution is 6.30. The third kappa shape index (κ3) is 4.41. The predicted molar refractivity (Wildman–Crippen MR) is 98.3 cm³/mol.